The molecule has 1 fully saturated rings. The van der Waals surface area contributed by atoms with Crippen molar-refractivity contribution < 1.29 is 18.0 Å². The molecule has 0 aromatic rings. The van der Waals surface area contributed by atoms with E-state index in [0.29, 0.717) is 11.2 Å². The van der Waals surface area contributed by atoms with Gasteiger partial charge in [-0.15, -0.1) is 0 Å². The molecule has 0 aromatic heterocycles. The molecule has 0 heterocycles. The normalized spacial score (nSPS) is 24.9. The van der Waals surface area contributed by atoms with Crippen molar-refractivity contribution in [3.63, 3.8) is 0 Å². The highest BCUT2D eigenvalue weighted by molar-refractivity contribution is 9.09. The van der Waals surface area contributed by atoms with E-state index in [-0.39, 0.29) is 18.4 Å². The zero-order chi connectivity index (χ0) is 13.8. The first kappa shape index (κ1) is 15.8. The number of carbonyl (C=O) groups is 1. The molecule has 0 bridgehead atoms. The maximum absolute atomic E-state index is 12.4. The Hall–Kier alpha value is -0.260. The molecule has 0 atom stereocenters. The zero-order valence-electron chi connectivity index (χ0n) is 10.5. The molecule has 0 unspecified atom stereocenters. The molecule has 0 spiro atoms. The second-order valence-corrected chi connectivity index (χ2v) is 5.81. The number of alkyl halides is 4. The van der Waals surface area contributed by atoms with E-state index >= 15 is 0 Å². The Morgan fingerprint density at radius 1 is 1.28 bits per heavy atom. The van der Waals surface area contributed by atoms with Crippen molar-refractivity contribution in [2.75, 3.05) is 18.4 Å². The summed E-state index contributed by atoms with van der Waals surface area (Å²) in [6.45, 7) is 1.10. The molecule has 0 aromatic carbocycles. The van der Waals surface area contributed by atoms with Gasteiger partial charge in [0.05, 0.1) is 0 Å². The van der Waals surface area contributed by atoms with Crippen molar-refractivity contribution in [1.82, 2.24) is 4.90 Å². The van der Waals surface area contributed by atoms with Crippen molar-refractivity contribution in [2.24, 2.45) is 11.8 Å². The van der Waals surface area contributed by atoms with Gasteiger partial charge < -0.3 is 4.90 Å². The lowest BCUT2D eigenvalue weighted by molar-refractivity contribution is -0.164. The van der Waals surface area contributed by atoms with Crippen LogP contribution in [0.2, 0.25) is 0 Å². The Kier molecular flexibility index (Phi) is 5.95. The van der Waals surface area contributed by atoms with E-state index in [1.54, 1.807) is 0 Å². The van der Waals surface area contributed by atoms with E-state index in [1.807, 2.05) is 0 Å². The van der Waals surface area contributed by atoms with Gasteiger partial charge in [-0.3, -0.25) is 4.79 Å². The summed E-state index contributed by atoms with van der Waals surface area (Å²) in [5.41, 5.74) is 0. The molecule has 1 aliphatic carbocycles. The summed E-state index contributed by atoms with van der Waals surface area (Å²) < 4.78 is 37.2. The van der Waals surface area contributed by atoms with Crippen LogP contribution in [0.5, 0.6) is 0 Å². The van der Waals surface area contributed by atoms with E-state index in [2.05, 4.69) is 22.9 Å². The van der Waals surface area contributed by atoms with Crippen molar-refractivity contribution >= 4 is 21.8 Å². The average Bonchev–Trinajstić information content (AvgIpc) is 2.27. The summed E-state index contributed by atoms with van der Waals surface area (Å²) in [5.74, 6) is 0.0302. The summed E-state index contributed by atoms with van der Waals surface area (Å²) in [6.07, 6.45) is -1.01. The number of carbonyl (C=O) groups excluding carboxylic acids is 1. The van der Waals surface area contributed by atoms with Gasteiger partial charge in [-0.1, -0.05) is 22.9 Å². The third-order valence-corrected chi connectivity index (χ3v) is 3.76. The standard InChI is InChI=1S/C12H19BrF3NO/c1-9-2-4-10(5-3-9)11(18)17(7-6-13)8-12(14,15)16/h9-10H,2-8H2,1H3. The largest absolute Gasteiger partial charge is 0.406 e. The summed E-state index contributed by atoms with van der Waals surface area (Å²) in [7, 11) is 0. The fraction of sp³-hybridized carbons (Fsp3) is 0.917. The van der Waals surface area contributed by atoms with Gasteiger partial charge in [-0.05, 0) is 31.6 Å². The molecule has 0 N–H and O–H groups in total. The van der Waals surface area contributed by atoms with Crippen LogP contribution in [0.3, 0.4) is 0 Å². The number of nitrogens with zero attached hydrogens (tertiary/aromatic N) is 1. The molecule has 1 rings (SSSR count). The molecular formula is C12H19BrF3NO. The molecular weight excluding hydrogens is 311 g/mol. The monoisotopic (exact) mass is 329 g/mol. The average molecular weight is 330 g/mol. The lowest BCUT2D eigenvalue weighted by Gasteiger charge is -2.31. The van der Waals surface area contributed by atoms with Gasteiger partial charge in [0.15, 0.2) is 0 Å². The number of rotatable bonds is 4. The Morgan fingerprint density at radius 2 is 1.83 bits per heavy atom. The van der Waals surface area contributed by atoms with Gasteiger partial charge in [0.2, 0.25) is 5.91 Å². The van der Waals surface area contributed by atoms with Crippen LogP contribution in [0.15, 0.2) is 0 Å². The predicted octanol–water partition coefficient (Wildman–Crippen LogP) is 3.60. The second kappa shape index (κ2) is 6.78. The fourth-order valence-electron chi connectivity index (χ4n) is 2.35. The third-order valence-electron chi connectivity index (χ3n) is 3.40. The van der Waals surface area contributed by atoms with Crippen molar-refractivity contribution in [3.8, 4) is 0 Å². The minimum absolute atomic E-state index is 0.115. The van der Waals surface area contributed by atoms with Crippen molar-refractivity contribution in [3.05, 3.63) is 0 Å². The number of amides is 1. The number of hydrogen-bond donors (Lipinski definition) is 0. The second-order valence-electron chi connectivity index (χ2n) is 5.02. The van der Waals surface area contributed by atoms with Crippen molar-refractivity contribution in [1.29, 1.82) is 0 Å². The first-order valence-electron chi connectivity index (χ1n) is 6.25. The molecule has 6 heteroatoms. The topological polar surface area (TPSA) is 20.3 Å². The van der Waals surface area contributed by atoms with Crippen molar-refractivity contribution in [2.45, 2.75) is 38.8 Å². The summed E-state index contributed by atoms with van der Waals surface area (Å²) in [4.78, 5) is 13.0. The zero-order valence-corrected chi connectivity index (χ0v) is 12.1. The summed E-state index contributed by atoms with van der Waals surface area (Å²) in [6, 6.07) is 0. The number of hydrogen-bond acceptors (Lipinski definition) is 1. The minimum atomic E-state index is -4.32. The molecule has 1 amide bonds. The lowest BCUT2D eigenvalue weighted by Crippen LogP contribution is -2.43. The molecule has 18 heavy (non-hydrogen) atoms. The van der Waals surface area contributed by atoms with E-state index in [1.165, 1.54) is 0 Å². The van der Waals surface area contributed by atoms with Gasteiger partial charge in [-0.25, -0.2) is 0 Å². The highest BCUT2D eigenvalue weighted by Crippen LogP contribution is 2.30. The van der Waals surface area contributed by atoms with Crippen LogP contribution in [0.1, 0.15) is 32.6 Å². The molecule has 0 saturated heterocycles. The minimum Gasteiger partial charge on any atom is -0.333 e. The van der Waals surface area contributed by atoms with E-state index in [4.69, 9.17) is 0 Å². The molecule has 2 nitrogen and oxygen atoms in total. The van der Waals surface area contributed by atoms with E-state index in [0.717, 1.165) is 30.6 Å². The van der Waals surface area contributed by atoms with Gasteiger partial charge in [0.25, 0.3) is 0 Å². The SMILES string of the molecule is CC1CCC(C(=O)N(CCBr)CC(F)(F)F)CC1. The van der Waals surface area contributed by atoms with Crippen LogP contribution >= 0.6 is 15.9 Å². The van der Waals surface area contributed by atoms with Crippen LogP contribution in [-0.2, 0) is 4.79 Å². The third kappa shape index (κ3) is 5.16. The van der Waals surface area contributed by atoms with Gasteiger partial charge in [-0.2, -0.15) is 13.2 Å². The Morgan fingerprint density at radius 3 is 2.28 bits per heavy atom. The van der Waals surface area contributed by atoms with E-state index in [9.17, 15) is 18.0 Å². The maximum Gasteiger partial charge on any atom is 0.406 e. The fourth-order valence-corrected chi connectivity index (χ4v) is 2.78. The molecule has 1 saturated carbocycles. The first-order chi connectivity index (χ1) is 8.33. The van der Waals surface area contributed by atoms with E-state index < -0.39 is 12.7 Å². The Bertz CT molecular complexity index is 275. The smallest absolute Gasteiger partial charge is 0.333 e. The van der Waals surface area contributed by atoms with Gasteiger partial charge in [0, 0.05) is 17.8 Å². The maximum atomic E-state index is 12.4. The molecule has 0 aliphatic heterocycles. The Labute approximate surface area is 114 Å². The first-order valence-corrected chi connectivity index (χ1v) is 7.37. The van der Waals surface area contributed by atoms with Crippen LogP contribution in [-0.4, -0.2) is 35.4 Å². The molecule has 1 aliphatic rings. The van der Waals surface area contributed by atoms with Crippen LogP contribution in [0.25, 0.3) is 0 Å². The molecule has 106 valence electrons. The Balaban J connectivity index is 2.59. The highest BCUT2D eigenvalue weighted by Gasteiger charge is 2.35. The predicted molar refractivity (Wildman–Crippen MR) is 67.6 cm³/mol. The number of halogens is 4. The van der Waals surface area contributed by atoms with Gasteiger partial charge in [0.1, 0.15) is 6.54 Å². The van der Waals surface area contributed by atoms with Crippen LogP contribution < -0.4 is 0 Å². The van der Waals surface area contributed by atoms with Crippen LogP contribution in [0.4, 0.5) is 13.2 Å². The summed E-state index contributed by atoms with van der Waals surface area (Å²) in [5, 5.41) is 0.373. The highest BCUT2D eigenvalue weighted by atomic mass is 79.9. The van der Waals surface area contributed by atoms with Crippen LogP contribution in [0, 0.1) is 11.8 Å². The van der Waals surface area contributed by atoms with Gasteiger partial charge >= 0.3 is 6.18 Å². The lowest BCUT2D eigenvalue weighted by atomic mass is 9.82. The quantitative estimate of drug-likeness (QED) is 0.722. The molecule has 0 radical (unpaired) electrons. The summed E-state index contributed by atoms with van der Waals surface area (Å²) >= 11 is 3.10.